The van der Waals surface area contributed by atoms with Gasteiger partial charge >= 0.3 is 0 Å². The molecular formula is C13H17N3O2S3. The topological polar surface area (TPSA) is 53.0 Å². The van der Waals surface area contributed by atoms with E-state index in [2.05, 4.69) is 4.99 Å². The maximum Gasteiger partial charge on any atom is 0.250 e. The summed E-state index contributed by atoms with van der Waals surface area (Å²) in [4.78, 5) is 6.27. The molecule has 0 atom stereocenters. The van der Waals surface area contributed by atoms with Gasteiger partial charge in [0.25, 0.3) is 10.0 Å². The molecule has 0 spiro atoms. The molecule has 0 amide bonds. The van der Waals surface area contributed by atoms with Crippen LogP contribution in [0.5, 0.6) is 0 Å². The van der Waals surface area contributed by atoms with Crippen LogP contribution < -0.4 is 4.31 Å². The van der Waals surface area contributed by atoms with Crippen molar-refractivity contribution in [2.24, 2.45) is 4.99 Å². The number of sulfonamides is 1. The molecule has 1 fully saturated rings. The van der Waals surface area contributed by atoms with Crippen LogP contribution in [0.15, 0.2) is 35.3 Å². The summed E-state index contributed by atoms with van der Waals surface area (Å²) in [5.74, 6) is 0. The minimum Gasteiger partial charge on any atom is -0.348 e. The van der Waals surface area contributed by atoms with Crippen molar-refractivity contribution in [3.63, 3.8) is 0 Å². The number of anilines is 1. The molecular weight excluding hydrogens is 326 g/mol. The summed E-state index contributed by atoms with van der Waals surface area (Å²) in [6, 6.07) is 8.94. The Bertz CT molecular complexity index is 640. The Morgan fingerprint density at radius 3 is 2.52 bits per heavy atom. The number of hydrogen-bond acceptors (Lipinski definition) is 4. The summed E-state index contributed by atoms with van der Waals surface area (Å²) in [6.45, 7) is 5.47. The molecule has 5 nitrogen and oxygen atoms in total. The van der Waals surface area contributed by atoms with Crippen LogP contribution in [0.3, 0.4) is 0 Å². The average molecular weight is 343 g/mol. The molecule has 0 aliphatic carbocycles. The summed E-state index contributed by atoms with van der Waals surface area (Å²) < 4.78 is 25.7. The van der Waals surface area contributed by atoms with E-state index in [1.807, 2.05) is 24.8 Å². The molecule has 0 radical (unpaired) electrons. The minimum atomic E-state index is -3.39. The van der Waals surface area contributed by atoms with Gasteiger partial charge in [0.15, 0.2) is 10.3 Å². The van der Waals surface area contributed by atoms with Crippen LogP contribution in [0.25, 0.3) is 0 Å². The molecule has 114 valence electrons. The third kappa shape index (κ3) is 3.56. The molecule has 21 heavy (non-hydrogen) atoms. The lowest BCUT2D eigenvalue weighted by molar-refractivity contribution is 0.469. The predicted octanol–water partition coefficient (Wildman–Crippen LogP) is 2.51. The fourth-order valence-electron chi connectivity index (χ4n) is 1.92. The maximum atomic E-state index is 12.2. The van der Waals surface area contributed by atoms with Gasteiger partial charge in [-0.1, -0.05) is 30.0 Å². The highest BCUT2D eigenvalue weighted by atomic mass is 32.3. The fourth-order valence-corrected chi connectivity index (χ4v) is 5.35. The SMILES string of the molecule is CCN(CC)C(=S)N=C1SCS(=O)(=O)N1c1ccccc1. The van der Waals surface area contributed by atoms with Crippen molar-refractivity contribution in [1.29, 1.82) is 0 Å². The average Bonchev–Trinajstić information content (AvgIpc) is 2.76. The van der Waals surface area contributed by atoms with E-state index in [1.165, 1.54) is 16.1 Å². The second kappa shape index (κ2) is 6.76. The first-order valence-corrected chi connectivity index (χ1v) is 9.58. The lowest BCUT2D eigenvalue weighted by Gasteiger charge is -2.21. The third-order valence-corrected chi connectivity index (χ3v) is 6.60. The van der Waals surface area contributed by atoms with E-state index in [4.69, 9.17) is 12.2 Å². The van der Waals surface area contributed by atoms with Gasteiger partial charge in [-0.3, -0.25) is 0 Å². The van der Waals surface area contributed by atoms with Crippen molar-refractivity contribution in [1.82, 2.24) is 4.90 Å². The number of benzene rings is 1. The molecule has 0 unspecified atom stereocenters. The fraction of sp³-hybridized carbons (Fsp3) is 0.385. The molecule has 8 heteroatoms. The van der Waals surface area contributed by atoms with Gasteiger partial charge in [0.05, 0.1) is 5.69 Å². The maximum absolute atomic E-state index is 12.2. The molecule has 0 bridgehead atoms. The van der Waals surface area contributed by atoms with Gasteiger partial charge in [-0.15, -0.1) is 0 Å². The number of nitrogens with zero attached hydrogens (tertiary/aromatic N) is 3. The van der Waals surface area contributed by atoms with Crippen LogP contribution in [0, 0.1) is 0 Å². The van der Waals surface area contributed by atoms with Crippen molar-refractivity contribution < 1.29 is 8.42 Å². The van der Waals surface area contributed by atoms with Crippen molar-refractivity contribution in [2.75, 3.05) is 22.5 Å². The van der Waals surface area contributed by atoms with Crippen LogP contribution in [0.1, 0.15) is 13.8 Å². The van der Waals surface area contributed by atoms with Crippen molar-refractivity contribution >= 4 is 50.0 Å². The number of thioether (sulfide) groups is 1. The van der Waals surface area contributed by atoms with Crippen LogP contribution in [-0.4, -0.2) is 41.8 Å². The van der Waals surface area contributed by atoms with Gasteiger partial charge in [0.1, 0.15) is 5.08 Å². The van der Waals surface area contributed by atoms with Gasteiger partial charge in [-0.25, -0.2) is 12.7 Å². The minimum absolute atomic E-state index is 0.0123. The monoisotopic (exact) mass is 343 g/mol. The van der Waals surface area contributed by atoms with E-state index in [-0.39, 0.29) is 5.08 Å². The van der Waals surface area contributed by atoms with E-state index in [0.717, 1.165) is 13.1 Å². The highest BCUT2D eigenvalue weighted by molar-refractivity contribution is 8.27. The highest BCUT2D eigenvalue weighted by Crippen LogP contribution is 2.31. The van der Waals surface area contributed by atoms with Gasteiger partial charge < -0.3 is 4.90 Å². The Hall–Kier alpha value is -1.12. The van der Waals surface area contributed by atoms with Crippen LogP contribution >= 0.6 is 24.0 Å². The number of rotatable bonds is 3. The smallest absolute Gasteiger partial charge is 0.250 e. The first-order valence-electron chi connectivity index (χ1n) is 6.58. The lowest BCUT2D eigenvalue weighted by atomic mass is 10.3. The summed E-state index contributed by atoms with van der Waals surface area (Å²) in [5.41, 5.74) is 0.587. The summed E-state index contributed by atoms with van der Waals surface area (Å²) in [5, 5.41) is 0.820. The Labute approximate surface area is 135 Å². The van der Waals surface area contributed by atoms with Gasteiger partial charge in [0, 0.05) is 13.1 Å². The molecule has 1 aliphatic heterocycles. The van der Waals surface area contributed by atoms with Crippen molar-refractivity contribution in [3.05, 3.63) is 30.3 Å². The summed E-state index contributed by atoms with van der Waals surface area (Å²) in [7, 11) is -3.39. The van der Waals surface area contributed by atoms with Gasteiger partial charge in [0.2, 0.25) is 0 Å². The van der Waals surface area contributed by atoms with Crippen molar-refractivity contribution in [3.8, 4) is 0 Å². The molecule has 0 N–H and O–H groups in total. The van der Waals surface area contributed by atoms with E-state index < -0.39 is 10.0 Å². The first kappa shape index (κ1) is 16.3. The Kier molecular flexibility index (Phi) is 5.23. The first-order chi connectivity index (χ1) is 9.99. The van der Waals surface area contributed by atoms with Crippen LogP contribution in [0.2, 0.25) is 0 Å². The zero-order chi connectivity index (χ0) is 15.5. The van der Waals surface area contributed by atoms with Gasteiger partial charge in [-0.05, 0) is 38.2 Å². The number of para-hydroxylation sites is 1. The number of thiocarbonyl (C=S) groups is 1. The van der Waals surface area contributed by atoms with E-state index in [0.29, 0.717) is 16.0 Å². The molecule has 0 aromatic heterocycles. The van der Waals surface area contributed by atoms with Crippen LogP contribution in [0.4, 0.5) is 5.69 Å². The number of aliphatic imine (C=N–C) groups is 1. The molecule has 0 saturated carbocycles. The second-order valence-corrected chi connectivity index (χ2v) is 7.81. The quantitative estimate of drug-likeness (QED) is 0.789. The molecule has 1 aliphatic rings. The Morgan fingerprint density at radius 1 is 1.33 bits per heavy atom. The Balaban J connectivity index is 2.37. The number of hydrogen-bond donors (Lipinski definition) is 0. The normalized spacial score (nSPS) is 19.0. The molecule has 1 saturated heterocycles. The van der Waals surface area contributed by atoms with Gasteiger partial charge in [-0.2, -0.15) is 4.99 Å². The van der Waals surface area contributed by atoms with E-state index in [1.54, 1.807) is 24.3 Å². The van der Waals surface area contributed by atoms with Crippen molar-refractivity contribution in [2.45, 2.75) is 13.8 Å². The van der Waals surface area contributed by atoms with E-state index in [9.17, 15) is 8.42 Å². The summed E-state index contributed by atoms with van der Waals surface area (Å²) >= 11 is 6.48. The largest absolute Gasteiger partial charge is 0.348 e. The standard InChI is InChI=1S/C13H17N3O2S3/c1-3-15(4-2)12(19)14-13-16(21(17,18)10-20-13)11-8-6-5-7-9-11/h5-9H,3-4,10H2,1-2H3. The summed E-state index contributed by atoms with van der Waals surface area (Å²) in [6.07, 6.45) is 0. The predicted molar refractivity (Wildman–Crippen MR) is 93.3 cm³/mol. The van der Waals surface area contributed by atoms with Crippen LogP contribution in [-0.2, 0) is 10.0 Å². The zero-order valence-corrected chi connectivity index (χ0v) is 14.3. The van der Waals surface area contributed by atoms with E-state index >= 15 is 0 Å². The molecule has 1 aromatic rings. The second-order valence-electron chi connectivity index (χ2n) is 4.32. The number of amidine groups is 1. The lowest BCUT2D eigenvalue weighted by Crippen LogP contribution is -2.33. The molecule has 2 rings (SSSR count). The zero-order valence-electron chi connectivity index (χ0n) is 11.9. The highest BCUT2D eigenvalue weighted by Gasteiger charge is 2.36. The third-order valence-electron chi connectivity index (χ3n) is 3.00. The molecule has 1 aromatic carbocycles. The Morgan fingerprint density at radius 2 is 1.95 bits per heavy atom. The molecule has 1 heterocycles.